The summed E-state index contributed by atoms with van der Waals surface area (Å²) in [6.45, 7) is 10.6. The summed E-state index contributed by atoms with van der Waals surface area (Å²) in [7, 11) is 0. The van der Waals surface area contributed by atoms with Gasteiger partial charge in [-0.25, -0.2) is 4.99 Å². The van der Waals surface area contributed by atoms with E-state index >= 15 is 0 Å². The standard InChI is InChI=1S/C26H27N3OS/c1-6-20-12-9-11-17(3)24(20)29-18(4)14-21(19(29)5)15-23-25(30)28-26(31-23)27-22-13-8-7-10-16(22)2/h7-15H,6H2,1-5H3,(H,27,28,30)/b23-15-. The lowest BCUT2D eigenvalue weighted by Crippen LogP contribution is -2.19. The van der Waals surface area contributed by atoms with E-state index in [9.17, 15) is 4.79 Å². The van der Waals surface area contributed by atoms with E-state index in [1.807, 2.05) is 37.3 Å². The fraction of sp³-hybridized carbons (Fsp3) is 0.231. The topological polar surface area (TPSA) is 46.4 Å². The number of hydrogen-bond acceptors (Lipinski definition) is 3. The number of aliphatic imine (C=N–C) groups is 1. The SMILES string of the molecule is CCc1cccc(C)c1-n1c(C)cc(/C=C2\SC(=Nc3ccccc3C)NC2=O)c1C. The third kappa shape index (κ3) is 4.10. The number of hydrogen-bond donors (Lipinski definition) is 1. The first kappa shape index (κ1) is 21.2. The maximum Gasteiger partial charge on any atom is 0.264 e. The highest BCUT2D eigenvalue weighted by Gasteiger charge is 2.25. The largest absolute Gasteiger partial charge is 0.317 e. The molecule has 0 spiro atoms. The Morgan fingerprint density at radius 2 is 1.77 bits per heavy atom. The number of thioether (sulfide) groups is 1. The summed E-state index contributed by atoms with van der Waals surface area (Å²) in [5, 5.41) is 3.52. The molecule has 4 rings (SSSR count). The molecule has 0 bridgehead atoms. The van der Waals surface area contributed by atoms with Gasteiger partial charge in [-0.3, -0.25) is 4.79 Å². The van der Waals surface area contributed by atoms with Crippen LogP contribution in [0, 0.1) is 27.7 Å². The highest BCUT2D eigenvalue weighted by Crippen LogP contribution is 2.32. The number of rotatable bonds is 4. The molecule has 1 aromatic heterocycles. The smallest absolute Gasteiger partial charge is 0.264 e. The van der Waals surface area contributed by atoms with Crippen LogP contribution >= 0.6 is 11.8 Å². The van der Waals surface area contributed by atoms with Crippen molar-refractivity contribution in [3.63, 3.8) is 0 Å². The van der Waals surface area contributed by atoms with Crippen molar-refractivity contribution in [1.29, 1.82) is 0 Å². The molecule has 3 aromatic rings. The first-order valence-electron chi connectivity index (χ1n) is 10.5. The monoisotopic (exact) mass is 429 g/mol. The van der Waals surface area contributed by atoms with Gasteiger partial charge in [-0.15, -0.1) is 0 Å². The summed E-state index contributed by atoms with van der Waals surface area (Å²) in [5.41, 5.74) is 9.11. The number of aryl methyl sites for hydroxylation is 4. The predicted molar refractivity (Wildman–Crippen MR) is 131 cm³/mol. The Labute approximate surface area is 188 Å². The molecule has 1 fully saturated rings. The zero-order valence-corrected chi connectivity index (χ0v) is 19.4. The lowest BCUT2D eigenvalue weighted by atomic mass is 10.1. The lowest BCUT2D eigenvalue weighted by molar-refractivity contribution is -0.115. The number of nitrogens with zero attached hydrogens (tertiary/aromatic N) is 2. The van der Waals surface area contributed by atoms with Crippen LogP contribution in [0.5, 0.6) is 0 Å². The summed E-state index contributed by atoms with van der Waals surface area (Å²) < 4.78 is 2.31. The summed E-state index contributed by atoms with van der Waals surface area (Å²) in [6.07, 6.45) is 2.95. The van der Waals surface area contributed by atoms with Crippen LogP contribution < -0.4 is 5.32 Å². The van der Waals surface area contributed by atoms with Crippen molar-refractivity contribution in [1.82, 2.24) is 9.88 Å². The van der Waals surface area contributed by atoms with E-state index in [1.54, 1.807) is 0 Å². The molecule has 4 nitrogen and oxygen atoms in total. The Morgan fingerprint density at radius 1 is 1.03 bits per heavy atom. The molecule has 0 atom stereocenters. The summed E-state index contributed by atoms with van der Waals surface area (Å²) in [4.78, 5) is 17.9. The lowest BCUT2D eigenvalue weighted by Gasteiger charge is -2.17. The number of aromatic nitrogens is 1. The van der Waals surface area contributed by atoms with Gasteiger partial charge in [-0.05, 0) is 86.3 Å². The number of para-hydroxylation sites is 2. The number of amidine groups is 1. The maximum absolute atomic E-state index is 12.6. The fourth-order valence-corrected chi connectivity index (χ4v) is 4.85. The molecule has 1 aliphatic heterocycles. The van der Waals surface area contributed by atoms with E-state index in [0.717, 1.165) is 34.6 Å². The van der Waals surface area contributed by atoms with Crippen molar-refractivity contribution in [3.8, 4) is 5.69 Å². The van der Waals surface area contributed by atoms with Gasteiger partial charge in [0.1, 0.15) is 0 Å². The zero-order chi connectivity index (χ0) is 22.1. The van der Waals surface area contributed by atoms with Gasteiger partial charge in [0.2, 0.25) is 0 Å². The van der Waals surface area contributed by atoms with Gasteiger partial charge in [0.15, 0.2) is 5.17 Å². The van der Waals surface area contributed by atoms with Crippen LogP contribution in [0.4, 0.5) is 5.69 Å². The molecule has 2 heterocycles. The van der Waals surface area contributed by atoms with Crippen LogP contribution in [0.15, 0.2) is 58.4 Å². The van der Waals surface area contributed by atoms with Crippen LogP contribution in [0.25, 0.3) is 11.8 Å². The molecule has 0 radical (unpaired) electrons. The highest BCUT2D eigenvalue weighted by molar-refractivity contribution is 8.18. The van der Waals surface area contributed by atoms with Crippen molar-refractivity contribution in [2.24, 2.45) is 4.99 Å². The fourth-order valence-electron chi connectivity index (χ4n) is 4.02. The zero-order valence-electron chi connectivity index (χ0n) is 18.6. The van der Waals surface area contributed by atoms with Gasteiger partial charge in [0.05, 0.1) is 16.3 Å². The van der Waals surface area contributed by atoms with E-state index in [4.69, 9.17) is 0 Å². The van der Waals surface area contributed by atoms with Gasteiger partial charge in [0.25, 0.3) is 5.91 Å². The van der Waals surface area contributed by atoms with E-state index in [0.29, 0.717) is 10.1 Å². The van der Waals surface area contributed by atoms with E-state index < -0.39 is 0 Å². The van der Waals surface area contributed by atoms with Crippen LogP contribution in [-0.4, -0.2) is 15.6 Å². The van der Waals surface area contributed by atoms with Crippen molar-refractivity contribution < 1.29 is 4.79 Å². The quantitative estimate of drug-likeness (QED) is 0.505. The Kier molecular flexibility index (Phi) is 5.88. The molecule has 1 amide bonds. The number of nitrogens with one attached hydrogen (secondary N) is 1. The molecule has 158 valence electrons. The van der Waals surface area contributed by atoms with Crippen LogP contribution in [0.3, 0.4) is 0 Å². The van der Waals surface area contributed by atoms with Gasteiger partial charge in [-0.1, -0.05) is 43.3 Å². The Bertz CT molecular complexity index is 1230. The minimum absolute atomic E-state index is 0.104. The maximum atomic E-state index is 12.6. The van der Waals surface area contributed by atoms with Crippen molar-refractivity contribution in [2.75, 3.05) is 0 Å². The molecule has 1 N–H and O–H groups in total. The second kappa shape index (κ2) is 8.60. The molecule has 5 heteroatoms. The van der Waals surface area contributed by atoms with Gasteiger partial charge in [0, 0.05) is 11.4 Å². The number of carbonyl (C=O) groups excluding carboxylic acids is 1. The van der Waals surface area contributed by atoms with Crippen molar-refractivity contribution in [2.45, 2.75) is 41.0 Å². The molecule has 0 saturated carbocycles. The summed E-state index contributed by atoms with van der Waals surface area (Å²) >= 11 is 1.39. The first-order chi connectivity index (χ1) is 14.9. The second-order valence-electron chi connectivity index (χ2n) is 7.87. The van der Waals surface area contributed by atoms with Gasteiger partial charge < -0.3 is 9.88 Å². The Balaban J connectivity index is 1.70. The highest BCUT2D eigenvalue weighted by atomic mass is 32.2. The van der Waals surface area contributed by atoms with Crippen molar-refractivity contribution in [3.05, 3.63) is 87.1 Å². The van der Waals surface area contributed by atoms with Gasteiger partial charge >= 0.3 is 0 Å². The predicted octanol–water partition coefficient (Wildman–Crippen LogP) is 6.16. The molecule has 1 aliphatic rings. The summed E-state index contributed by atoms with van der Waals surface area (Å²) in [5.74, 6) is -0.104. The molecule has 1 saturated heterocycles. The second-order valence-corrected chi connectivity index (χ2v) is 8.90. The van der Waals surface area contributed by atoms with Crippen LogP contribution in [0.1, 0.15) is 40.6 Å². The van der Waals surface area contributed by atoms with E-state index in [-0.39, 0.29) is 5.91 Å². The van der Waals surface area contributed by atoms with Crippen molar-refractivity contribution >= 4 is 34.6 Å². The van der Waals surface area contributed by atoms with Crippen LogP contribution in [0.2, 0.25) is 0 Å². The third-order valence-electron chi connectivity index (χ3n) is 5.67. The number of carbonyl (C=O) groups is 1. The summed E-state index contributed by atoms with van der Waals surface area (Å²) in [6, 6.07) is 16.5. The molecule has 31 heavy (non-hydrogen) atoms. The van der Waals surface area contributed by atoms with Crippen LogP contribution in [-0.2, 0) is 11.2 Å². The average Bonchev–Trinajstić information content (AvgIpc) is 3.22. The van der Waals surface area contributed by atoms with E-state index in [1.165, 1.54) is 28.6 Å². The van der Waals surface area contributed by atoms with E-state index in [2.05, 4.69) is 66.8 Å². The number of benzene rings is 2. The van der Waals surface area contributed by atoms with Gasteiger partial charge in [-0.2, -0.15) is 0 Å². The third-order valence-corrected chi connectivity index (χ3v) is 6.58. The normalized spacial score (nSPS) is 16.4. The molecule has 2 aromatic carbocycles. The number of amides is 1. The minimum Gasteiger partial charge on any atom is -0.317 e. The molecular formula is C26H27N3OS. The average molecular weight is 430 g/mol. The molecule has 0 unspecified atom stereocenters. The first-order valence-corrected chi connectivity index (χ1v) is 11.3. The molecular weight excluding hydrogens is 402 g/mol. The Morgan fingerprint density at radius 3 is 2.52 bits per heavy atom. The minimum atomic E-state index is -0.104. The molecule has 0 aliphatic carbocycles. The Hall–Kier alpha value is -3.05.